The van der Waals surface area contributed by atoms with Gasteiger partial charge in [-0.25, -0.2) is 0 Å². The number of carbonyl (C=O) groups excluding carboxylic acids is 1. The van der Waals surface area contributed by atoms with Crippen LogP contribution in [0.25, 0.3) is 10.9 Å². The SMILES string of the molecule is CC(C)(C)C(=O)OCCCc1c[nH]c2ccc(Cl)cc12. The standard InChI is InChI=1S/C16H20ClNO2/c1-16(2,3)15(19)20-8-4-5-11-10-18-14-7-6-12(17)9-13(11)14/h6-7,9-10,18H,4-5,8H2,1-3H3. The molecule has 0 radical (unpaired) electrons. The van der Waals surface area contributed by atoms with Crippen molar-refractivity contribution in [3.05, 3.63) is 35.0 Å². The Morgan fingerprint density at radius 3 is 2.80 bits per heavy atom. The smallest absolute Gasteiger partial charge is 0.311 e. The van der Waals surface area contributed by atoms with Crippen LogP contribution in [-0.4, -0.2) is 17.6 Å². The molecule has 0 fully saturated rings. The van der Waals surface area contributed by atoms with Crippen molar-refractivity contribution in [2.24, 2.45) is 5.41 Å². The lowest BCUT2D eigenvalue weighted by atomic mass is 9.97. The molecule has 0 saturated carbocycles. The molecule has 0 aliphatic rings. The number of H-pyrrole nitrogens is 1. The Morgan fingerprint density at radius 2 is 2.10 bits per heavy atom. The maximum absolute atomic E-state index is 11.6. The van der Waals surface area contributed by atoms with Crippen molar-refractivity contribution >= 4 is 28.5 Å². The van der Waals surface area contributed by atoms with Gasteiger partial charge < -0.3 is 9.72 Å². The van der Waals surface area contributed by atoms with Gasteiger partial charge in [0.25, 0.3) is 0 Å². The van der Waals surface area contributed by atoms with Gasteiger partial charge in [-0.05, 0) is 57.4 Å². The molecule has 1 heterocycles. The maximum Gasteiger partial charge on any atom is 0.311 e. The summed E-state index contributed by atoms with van der Waals surface area (Å²) in [5.74, 6) is -0.153. The first-order valence-electron chi connectivity index (χ1n) is 6.80. The minimum Gasteiger partial charge on any atom is -0.465 e. The highest BCUT2D eigenvalue weighted by Gasteiger charge is 2.22. The number of rotatable bonds is 4. The zero-order valence-corrected chi connectivity index (χ0v) is 12.9. The summed E-state index contributed by atoms with van der Waals surface area (Å²) in [4.78, 5) is 14.9. The molecular formula is C16H20ClNO2. The minimum absolute atomic E-state index is 0.153. The van der Waals surface area contributed by atoms with E-state index in [1.807, 2.05) is 45.2 Å². The number of halogens is 1. The van der Waals surface area contributed by atoms with E-state index in [0.29, 0.717) is 6.61 Å². The van der Waals surface area contributed by atoms with Crippen LogP contribution in [-0.2, 0) is 16.0 Å². The van der Waals surface area contributed by atoms with Gasteiger partial charge in [-0.2, -0.15) is 0 Å². The highest BCUT2D eigenvalue weighted by molar-refractivity contribution is 6.31. The Balaban J connectivity index is 1.90. The fourth-order valence-corrected chi connectivity index (χ4v) is 2.17. The quantitative estimate of drug-likeness (QED) is 0.673. The van der Waals surface area contributed by atoms with Gasteiger partial charge in [0, 0.05) is 22.1 Å². The van der Waals surface area contributed by atoms with Crippen molar-refractivity contribution in [3.63, 3.8) is 0 Å². The van der Waals surface area contributed by atoms with Gasteiger partial charge in [0.05, 0.1) is 12.0 Å². The van der Waals surface area contributed by atoms with Crippen molar-refractivity contribution in [2.45, 2.75) is 33.6 Å². The first-order valence-corrected chi connectivity index (χ1v) is 7.18. The van der Waals surface area contributed by atoms with Gasteiger partial charge in [-0.3, -0.25) is 4.79 Å². The summed E-state index contributed by atoms with van der Waals surface area (Å²) < 4.78 is 5.27. The third-order valence-corrected chi connectivity index (χ3v) is 3.40. The van der Waals surface area contributed by atoms with E-state index in [4.69, 9.17) is 16.3 Å². The molecule has 1 aromatic carbocycles. The van der Waals surface area contributed by atoms with Gasteiger partial charge in [0.15, 0.2) is 0 Å². The zero-order chi connectivity index (χ0) is 14.8. The fourth-order valence-electron chi connectivity index (χ4n) is 2.00. The van der Waals surface area contributed by atoms with E-state index in [2.05, 4.69) is 4.98 Å². The summed E-state index contributed by atoms with van der Waals surface area (Å²) in [7, 11) is 0. The van der Waals surface area contributed by atoms with E-state index in [1.165, 1.54) is 5.56 Å². The number of benzene rings is 1. The van der Waals surface area contributed by atoms with Crippen LogP contribution in [0.4, 0.5) is 0 Å². The predicted octanol–water partition coefficient (Wildman–Crippen LogP) is 4.34. The molecule has 2 aromatic rings. The van der Waals surface area contributed by atoms with Crippen molar-refractivity contribution in [1.82, 2.24) is 4.98 Å². The van der Waals surface area contributed by atoms with Crippen LogP contribution in [0.15, 0.2) is 24.4 Å². The van der Waals surface area contributed by atoms with E-state index in [9.17, 15) is 4.79 Å². The summed E-state index contributed by atoms with van der Waals surface area (Å²) in [6.45, 7) is 6.02. The lowest BCUT2D eigenvalue weighted by Crippen LogP contribution is -2.23. The van der Waals surface area contributed by atoms with E-state index >= 15 is 0 Å². The Hall–Kier alpha value is -1.48. The molecule has 2 rings (SSSR count). The molecule has 108 valence electrons. The average Bonchev–Trinajstić information content (AvgIpc) is 2.75. The largest absolute Gasteiger partial charge is 0.465 e. The topological polar surface area (TPSA) is 42.1 Å². The summed E-state index contributed by atoms with van der Waals surface area (Å²) in [6, 6.07) is 5.81. The van der Waals surface area contributed by atoms with Gasteiger partial charge in [0.1, 0.15) is 0 Å². The van der Waals surface area contributed by atoms with Gasteiger partial charge in [-0.15, -0.1) is 0 Å². The molecule has 1 aromatic heterocycles. The van der Waals surface area contributed by atoms with Crippen molar-refractivity contribution in [2.75, 3.05) is 6.61 Å². The number of aryl methyl sites for hydroxylation is 1. The van der Waals surface area contributed by atoms with Crippen LogP contribution < -0.4 is 0 Å². The number of aromatic nitrogens is 1. The van der Waals surface area contributed by atoms with Crippen LogP contribution in [0, 0.1) is 5.41 Å². The average molecular weight is 294 g/mol. The Morgan fingerprint density at radius 1 is 1.35 bits per heavy atom. The van der Waals surface area contributed by atoms with Crippen molar-refractivity contribution in [1.29, 1.82) is 0 Å². The third kappa shape index (κ3) is 3.54. The summed E-state index contributed by atoms with van der Waals surface area (Å²) in [5, 5.41) is 1.87. The number of fused-ring (bicyclic) bond motifs is 1. The van der Waals surface area contributed by atoms with E-state index in [1.54, 1.807) is 0 Å². The summed E-state index contributed by atoms with van der Waals surface area (Å²) in [6.07, 6.45) is 3.66. The maximum atomic E-state index is 11.6. The normalized spacial score (nSPS) is 11.8. The molecule has 4 heteroatoms. The Labute approximate surface area is 124 Å². The van der Waals surface area contributed by atoms with Gasteiger partial charge in [0.2, 0.25) is 0 Å². The predicted molar refractivity (Wildman–Crippen MR) is 82.0 cm³/mol. The second-order valence-corrected chi connectivity index (χ2v) is 6.43. The molecular weight excluding hydrogens is 274 g/mol. The van der Waals surface area contributed by atoms with Crippen molar-refractivity contribution < 1.29 is 9.53 Å². The molecule has 0 bridgehead atoms. The third-order valence-electron chi connectivity index (χ3n) is 3.17. The molecule has 3 nitrogen and oxygen atoms in total. The number of carbonyl (C=O) groups is 1. The highest BCUT2D eigenvalue weighted by Crippen LogP contribution is 2.23. The van der Waals surface area contributed by atoms with E-state index in [-0.39, 0.29) is 5.97 Å². The van der Waals surface area contributed by atoms with Crippen LogP contribution in [0.1, 0.15) is 32.8 Å². The molecule has 0 amide bonds. The molecule has 0 atom stereocenters. The monoisotopic (exact) mass is 293 g/mol. The number of esters is 1. The number of ether oxygens (including phenoxy) is 1. The van der Waals surface area contributed by atoms with Gasteiger partial charge in [-0.1, -0.05) is 11.6 Å². The first kappa shape index (κ1) is 14.9. The first-order chi connectivity index (χ1) is 9.38. The summed E-state index contributed by atoms with van der Waals surface area (Å²) in [5.41, 5.74) is 1.85. The molecule has 0 unspecified atom stereocenters. The second-order valence-electron chi connectivity index (χ2n) is 5.99. The Kier molecular flexibility index (Phi) is 4.39. The second kappa shape index (κ2) is 5.88. The van der Waals surface area contributed by atoms with Crippen LogP contribution >= 0.6 is 11.6 Å². The van der Waals surface area contributed by atoms with E-state index in [0.717, 1.165) is 28.8 Å². The lowest BCUT2D eigenvalue weighted by molar-refractivity contribution is -0.153. The van der Waals surface area contributed by atoms with Gasteiger partial charge >= 0.3 is 5.97 Å². The molecule has 20 heavy (non-hydrogen) atoms. The lowest BCUT2D eigenvalue weighted by Gasteiger charge is -2.16. The fraction of sp³-hybridized carbons (Fsp3) is 0.438. The minimum atomic E-state index is -0.436. The van der Waals surface area contributed by atoms with Crippen LogP contribution in [0.2, 0.25) is 5.02 Å². The molecule has 1 N–H and O–H groups in total. The number of aromatic amines is 1. The van der Waals surface area contributed by atoms with Crippen LogP contribution in [0.5, 0.6) is 0 Å². The van der Waals surface area contributed by atoms with E-state index < -0.39 is 5.41 Å². The molecule has 0 spiro atoms. The number of hydrogen-bond donors (Lipinski definition) is 1. The zero-order valence-electron chi connectivity index (χ0n) is 12.1. The van der Waals surface area contributed by atoms with Crippen LogP contribution in [0.3, 0.4) is 0 Å². The molecule has 0 aliphatic carbocycles. The number of hydrogen-bond acceptors (Lipinski definition) is 2. The highest BCUT2D eigenvalue weighted by atomic mass is 35.5. The molecule has 0 saturated heterocycles. The number of nitrogens with one attached hydrogen (secondary N) is 1. The van der Waals surface area contributed by atoms with Crippen molar-refractivity contribution in [3.8, 4) is 0 Å². The summed E-state index contributed by atoms with van der Waals surface area (Å²) >= 11 is 6.02. The Bertz CT molecular complexity index is 610. The molecule has 0 aliphatic heterocycles.